The second-order valence-corrected chi connectivity index (χ2v) is 8.09. The highest BCUT2D eigenvalue weighted by atomic mass is 32.1. The van der Waals surface area contributed by atoms with E-state index in [0.717, 1.165) is 37.0 Å². The summed E-state index contributed by atoms with van der Waals surface area (Å²) in [4.78, 5) is 7.21. The molecule has 4 nitrogen and oxygen atoms in total. The summed E-state index contributed by atoms with van der Waals surface area (Å²) in [5.41, 5.74) is 3.07. The van der Waals surface area contributed by atoms with Gasteiger partial charge in [0.15, 0.2) is 0 Å². The second kappa shape index (κ2) is 5.87. The molecule has 1 aromatic heterocycles. The lowest BCUT2D eigenvalue weighted by molar-refractivity contribution is 0.115. The number of aromatic nitrogens is 2. The van der Waals surface area contributed by atoms with Gasteiger partial charge in [-0.3, -0.25) is 4.90 Å². The third-order valence-corrected chi connectivity index (χ3v) is 5.73. The van der Waals surface area contributed by atoms with Crippen molar-refractivity contribution in [1.82, 2.24) is 14.3 Å². The summed E-state index contributed by atoms with van der Waals surface area (Å²) < 4.78 is 4.48. The molecule has 0 radical (unpaired) electrons. The van der Waals surface area contributed by atoms with E-state index < -0.39 is 0 Å². The van der Waals surface area contributed by atoms with Gasteiger partial charge in [0, 0.05) is 42.6 Å². The highest BCUT2D eigenvalue weighted by Crippen LogP contribution is 2.39. The van der Waals surface area contributed by atoms with E-state index in [1.54, 1.807) is 0 Å². The number of anilines is 1. The Morgan fingerprint density at radius 3 is 2.83 bits per heavy atom. The minimum Gasteiger partial charge on any atom is -0.358 e. The van der Waals surface area contributed by atoms with E-state index in [1.165, 1.54) is 35.5 Å². The maximum atomic E-state index is 4.63. The molecule has 23 heavy (non-hydrogen) atoms. The largest absolute Gasteiger partial charge is 0.358 e. The molecular weight excluding hydrogens is 304 g/mol. The van der Waals surface area contributed by atoms with Gasteiger partial charge in [0.1, 0.15) is 5.82 Å². The average Bonchev–Trinajstić information content (AvgIpc) is 3.31. The van der Waals surface area contributed by atoms with Crippen molar-refractivity contribution in [3.63, 3.8) is 0 Å². The Kier molecular flexibility index (Phi) is 3.85. The fourth-order valence-electron chi connectivity index (χ4n) is 3.23. The Morgan fingerprint density at radius 1 is 1.26 bits per heavy atom. The molecular formula is C18H24N4S. The van der Waals surface area contributed by atoms with Crippen molar-refractivity contribution in [2.45, 2.75) is 51.1 Å². The fourth-order valence-corrected chi connectivity index (χ4v) is 3.87. The molecule has 0 bridgehead atoms. The number of benzene rings is 1. The lowest BCUT2D eigenvalue weighted by Crippen LogP contribution is -2.50. The van der Waals surface area contributed by atoms with Crippen LogP contribution < -0.4 is 5.32 Å². The predicted molar refractivity (Wildman–Crippen MR) is 95.0 cm³/mol. The summed E-state index contributed by atoms with van der Waals surface area (Å²) in [7, 11) is 0. The molecule has 1 aliphatic heterocycles. The van der Waals surface area contributed by atoms with Crippen LogP contribution in [0.2, 0.25) is 0 Å². The minimum atomic E-state index is 0.0962. The molecule has 1 fully saturated rings. The van der Waals surface area contributed by atoms with Crippen molar-refractivity contribution in [1.29, 1.82) is 0 Å². The maximum absolute atomic E-state index is 4.63. The number of hydrogen-bond donors (Lipinski definition) is 1. The highest BCUT2D eigenvalue weighted by molar-refractivity contribution is 7.09. The molecule has 2 aliphatic rings. The van der Waals surface area contributed by atoms with Crippen LogP contribution in [0.1, 0.15) is 49.6 Å². The van der Waals surface area contributed by atoms with Gasteiger partial charge < -0.3 is 5.32 Å². The van der Waals surface area contributed by atoms with E-state index >= 15 is 0 Å². The first kappa shape index (κ1) is 15.1. The van der Waals surface area contributed by atoms with E-state index in [-0.39, 0.29) is 5.54 Å². The molecule has 1 aliphatic carbocycles. The average molecular weight is 328 g/mol. The van der Waals surface area contributed by atoms with Gasteiger partial charge >= 0.3 is 0 Å². The van der Waals surface area contributed by atoms with Crippen LogP contribution >= 0.6 is 11.5 Å². The third-order valence-electron chi connectivity index (χ3n) is 5.04. The van der Waals surface area contributed by atoms with Gasteiger partial charge in [0.05, 0.1) is 0 Å². The quantitative estimate of drug-likeness (QED) is 0.909. The first-order chi connectivity index (χ1) is 11.1. The predicted octanol–water partition coefficient (Wildman–Crippen LogP) is 3.66. The van der Waals surface area contributed by atoms with Crippen LogP contribution in [-0.2, 0) is 13.0 Å². The molecule has 0 atom stereocenters. The molecule has 1 aromatic carbocycles. The Balaban J connectivity index is 1.39. The topological polar surface area (TPSA) is 41.1 Å². The number of nitrogens with zero attached hydrogens (tertiary/aromatic N) is 3. The normalized spacial score (nSPS) is 18.7. The molecule has 122 valence electrons. The monoisotopic (exact) mass is 328 g/mol. The number of hydrogen-bond acceptors (Lipinski definition) is 5. The van der Waals surface area contributed by atoms with Crippen LogP contribution in [0, 0.1) is 0 Å². The molecule has 2 heterocycles. The maximum Gasteiger partial charge on any atom is 0.202 e. The molecule has 0 saturated heterocycles. The van der Waals surface area contributed by atoms with Crippen LogP contribution in [0.3, 0.4) is 0 Å². The van der Waals surface area contributed by atoms with Gasteiger partial charge in [0.25, 0.3) is 0 Å². The van der Waals surface area contributed by atoms with Gasteiger partial charge in [-0.15, -0.1) is 0 Å². The zero-order chi connectivity index (χ0) is 15.9. The van der Waals surface area contributed by atoms with E-state index in [4.69, 9.17) is 0 Å². The van der Waals surface area contributed by atoms with Gasteiger partial charge in [-0.1, -0.05) is 24.3 Å². The molecule has 4 rings (SSSR count). The Hall–Kier alpha value is -1.46. The number of fused-ring (bicyclic) bond motifs is 1. The summed E-state index contributed by atoms with van der Waals surface area (Å²) in [6.45, 7) is 7.69. The molecule has 0 unspecified atom stereocenters. The van der Waals surface area contributed by atoms with Crippen LogP contribution in [0.15, 0.2) is 24.3 Å². The molecule has 0 amide bonds. The molecule has 0 spiro atoms. The molecule has 1 N–H and O–H groups in total. The summed E-state index contributed by atoms with van der Waals surface area (Å²) in [6.07, 6.45) is 3.66. The first-order valence-electron chi connectivity index (χ1n) is 8.51. The van der Waals surface area contributed by atoms with Gasteiger partial charge in [-0.2, -0.15) is 4.37 Å². The zero-order valence-electron chi connectivity index (χ0n) is 13.9. The van der Waals surface area contributed by atoms with E-state index in [1.807, 2.05) is 0 Å². The van der Waals surface area contributed by atoms with Crippen LogP contribution in [0.5, 0.6) is 0 Å². The van der Waals surface area contributed by atoms with Crippen LogP contribution in [0.25, 0.3) is 0 Å². The van der Waals surface area contributed by atoms with E-state index in [2.05, 4.69) is 57.7 Å². The van der Waals surface area contributed by atoms with Crippen molar-refractivity contribution in [2.24, 2.45) is 0 Å². The Morgan fingerprint density at radius 2 is 2.04 bits per heavy atom. The van der Waals surface area contributed by atoms with Gasteiger partial charge in [0.2, 0.25) is 5.13 Å². The van der Waals surface area contributed by atoms with Crippen molar-refractivity contribution < 1.29 is 0 Å². The van der Waals surface area contributed by atoms with Crippen molar-refractivity contribution >= 4 is 16.7 Å². The summed E-state index contributed by atoms with van der Waals surface area (Å²) >= 11 is 1.50. The van der Waals surface area contributed by atoms with Crippen LogP contribution in [0.4, 0.5) is 5.13 Å². The smallest absolute Gasteiger partial charge is 0.202 e. The van der Waals surface area contributed by atoms with Crippen molar-refractivity contribution in [2.75, 3.05) is 18.4 Å². The standard InChI is InChI=1S/C18H24N4S/c1-18(2,12-19-17-20-16(21-23-17)14-7-8-14)22-10-9-13-5-3-4-6-15(13)11-22/h3-6,14H,7-12H2,1-2H3,(H,19,20,21). The molecule has 5 heteroatoms. The zero-order valence-corrected chi connectivity index (χ0v) is 14.7. The Labute approximate surface area is 142 Å². The number of nitrogens with one attached hydrogen (secondary N) is 1. The molecule has 2 aromatic rings. The Bertz CT molecular complexity index is 690. The fraction of sp³-hybridized carbons (Fsp3) is 0.556. The van der Waals surface area contributed by atoms with E-state index in [0.29, 0.717) is 5.92 Å². The van der Waals surface area contributed by atoms with E-state index in [9.17, 15) is 0 Å². The molecule has 1 saturated carbocycles. The number of rotatable bonds is 5. The summed E-state index contributed by atoms with van der Waals surface area (Å²) in [6, 6.07) is 8.82. The summed E-state index contributed by atoms with van der Waals surface area (Å²) in [5.74, 6) is 1.68. The van der Waals surface area contributed by atoms with Gasteiger partial charge in [-0.25, -0.2) is 4.98 Å². The second-order valence-electron chi connectivity index (χ2n) is 7.34. The van der Waals surface area contributed by atoms with Gasteiger partial charge in [-0.05, 0) is 44.2 Å². The lowest BCUT2D eigenvalue weighted by atomic mass is 9.94. The lowest BCUT2D eigenvalue weighted by Gasteiger charge is -2.41. The minimum absolute atomic E-state index is 0.0962. The van der Waals surface area contributed by atoms with Crippen LogP contribution in [-0.4, -0.2) is 32.9 Å². The highest BCUT2D eigenvalue weighted by Gasteiger charge is 2.31. The van der Waals surface area contributed by atoms with Crippen molar-refractivity contribution in [3.8, 4) is 0 Å². The third kappa shape index (κ3) is 3.26. The first-order valence-corrected chi connectivity index (χ1v) is 9.28. The summed E-state index contributed by atoms with van der Waals surface area (Å²) in [5, 5.41) is 4.48. The SMILES string of the molecule is CC(C)(CNc1nc(C2CC2)ns1)N1CCc2ccccc2C1. The van der Waals surface area contributed by atoms with Crippen molar-refractivity contribution in [3.05, 3.63) is 41.2 Å².